The third-order valence-corrected chi connectivity index (χ3v) is 6.11. The van der Waals surface area contributed by atoms with Crippen LogP contribution in [0.4, 0.5) is 13.2 Å². The van der Waals surface area contributed by atoms with E-state index in [-0.39, 0.29) is 23.6 Å². The standard InChI is InChI=1S/C23H25F3N6O3/c1-35-20-8-7-17(32-22(23(24,25)26)28-29-30-32)11-16(20)12-27-19-9-10-31(21(34)14-33)13-18(19)15-5-3-2-4-6-15/h2-8,11,18-19,27,33H,9-10,12-14H2,1H3/t18-,19-/m0/s1. The molecule has 2 N–H and O–H groups in total. The summed E-state index contributed by atoms with van der Waals surface area (Å²) in [7, 11) is 1.49. The highest BCUT2D eigenvalue weighted by Gasteiger charge is 2.38. The molecule has 3 aromatic rings. The molecule has 0 radical (unpaired) electrons. The van der Waals surface area contributed by atoms with Crippen LogP contribution in [0.2, 0.25) is 0 Å². The number of hydrogen-bond acceptors (Lipinski definition) is 7. The van der Waals surface area contributed by atoms with Gasteiger partial charge in [-0.1, -0.05) is 30.3 Å². The summed E-state index contributed by atoms with van der Waals surface area (Å²) in [6.07, 6.45) is -4.07. The van der Waals surface area contributed by atoms with Crippen molar-refractivity contribution in [3.8, 4) is 11.4 Å². The number of hydrogen-bond donors (Lipinski definition) is 2. The average molecular weight is 490 g/mol. The summed E-state index contributed by atoms with van der Waals surface area (Å²) >= 11 is 0. The maximum Gasteiger partial charge on any atom is 0.453 e. The number of ether oxygens (including phenoxy) is 1. The molecule has 12 heteroatoms. The smallest absolute Gasteiger partial charge is 0.453 e. The number of aromatic nitrogens is 4. The second kappa shape index (κ2) is 10.4. The van der Waals surface area contributed by atoms with E-state index in [4.69, 9.17) is 4.74 Å². The highest BCUT2D eigenvalue weighted by Crippen LogP contribution is 2.31. The Kier molecular flexibility index (Phi) is 7.31. The molecule has 4 rings (SSSR count). The van der Waals surface area contributed by atoms with Gasteiger partial charge in [0, 0.05) is 37.2 Å². The molecule has 9 nitrogen and oxygen atoms in total. The Bertz CT molecular complexity index is 1150. The number of amides is 1. The van der Waals surface area contributed by atoms with Gasteiger partial charge in [-0.15, -0.1) is 5.10 Å². The van der Waals surface area contributed by atoms with Crippen LogP contribution in [0, 0.1) is 0 Å². The first kappa shape index (κ1) is 24.6. The number of benzene rings is 2. The summed E-state index contributed by atoms with van der Waals surface area (Å²) in [5.74, 6) is -1.06. The van der Waals surface area contributed by atoms with E-state index in [1.54, 1.807) is 17.0 Å². The molecule has 0 saturated carbocycles. The van der Waals surface area contributed by atoms with Gasteiger partial charge in [-0.25, -0.2) is 0 Å². The van der Waals surface area contributed by atoms with Gasteiger partial charge >= 0.3 is 6.18 Å². The zero-order chi connectivity index (χ0) is 25.0. The van der Waals surface area contributed by atoms with Crippen molar-refractivity contribution in [2.45, 2.75) is 31.1 Å². The fourth-order valence-corrected chi connectivity index (χ4v) is 4.37. The minimum atomic E-state index is -4.70. The summed E-state index contributed by atoms with van der Waals surface area (Å²) in [6, 6.07) is 14.3. The highest BCUT2D eigenvalue weighted by atomic mass is 19.4. The number of carbonyl (C=O) groups is 1. The minimum Gasteiger partial charge on any atom is -0.496 e. The van der Waals surface area contributed by atoms with Gasteiger partial charge < -0.3 is 20.1 Å². The Labute approximate surface area is 199 Å². The molecule has 186 valence electrons. The van der Waals surface area contributed by atoms with Crippen LogP contribution in [0.3, 0.4) is 0 Å². The summed E-state index contributed by atoms with van der Waals surface area (Å²) in [6.45, 7) is 0.693. The number of methoxy groups -OCH3 is 1. The SMILES string of the molecule is COc1ccc(-n2nnnc2C(F)(F)F)cc1CN[C@H]1CCN(C(=O)CO)C[C@H]1c1ccccc1. The van der Waals surface area contributed by atoms with Crippen LogP contribution in [0.15, 0.2) is 48.5 Å². The number of nitrogens with zero attached hydrogens (tertiary/aromatic N) is 5. The third kappa shape index (κ3) is 5.43. The predicted molar refractivity (Wildman–Crippen MR) is 119 cm³/mol. The quantitative estimate of drug-likeness (QED) is 0.523. The van der Waals surface area contributed by atoms with Gasteiger partial charge in [0.15, 0.2) is 0 Å². The first-order valence-electron chi connectivity index (χ1n) is 11.0. The van der Waals surface area contributed by atoms with Crippen LogP contribution in [0.1, 0.15) is 29.3 Å². The van der Waals surface area contributed by atoms with E-state index in [0.29, 0.717) is 42.0 Å². The molecule has 2 aromatic carbocycles. The molecule has 1 saturated heterocycles. The maximum absolute atomic E-state index is 13.3. The molecule has 1 aliphatic rings. The summed E-state index contributed by atoms with van der Waals surface area (Å²) in [4.78, 5) is 13.7. The van der Waals surface area contributed by atoms with E-state index in [2.05, 4.69) is 20.8 Å². The Morgan fingerprint density at radius 2 is 2.00 bits per heavy atom. The number of nitrogens with one attached hydrogen (secondary N) is 1. The van der Waals surface area contributed by atoms with Crippen molar-refractivity contribution >= 4 is 5.91 Å². The van der Waals surface area contributed by atoms with Crippen molar-refractivity contribution in [3.05, 3.63) is 65.5 Å². The molecule has 2 heterocycles. The zero-order valence-corrected chi connectivity index (χ0v) is 18.9. The first-order chi connectivity index (χ1) is 16.8. The molecule has 0 bridgehead atoms. The summed E-state index contributed by atoms with van der Waals surface area (Å²) < 4.78 is 45.9. The molecule has 35 heavy (non-hydrogen) atoms. The number of alkyl halides is 3. The second-order valence-electron chi connectivity index (χ2n) is 8.20. The lowest BCUT2D eigenvalue weighted by Gasteiger charge is -2.39. The van der Waals surface area contributed by atoms with Gasteiger partial charge in [-0.05, 0) is 40.6 Å². The van der Waals surface area contributed by atoms with Crippen LogP contribution in [0.5, 0.6) is 5.75 Å². The normalized spacial score (nSPS) is 18.5. The third-order valence-electron chi connectivity index (χ3n) is 6.11. The van der Waals surface area contributed by atoms with E-state index in [9.17, 15) is 23.1 Å². The molecular formula is C23H25F3N6O3. The van der Waals surface area contributed by atoms with Crippen LogP contribution >= 0.6 is 0 Å². The average Bonchev–Trinajstić information content (AvgIpc) is 3.38. The minimum absolute atomic E-state index is 0.0210. The van der Waals surface area contributed by atoms with Gasteiger partial charge in [0.1, 0.15) is 12.4 Å². The van der Waals surface area contributed by atoms with E-state index in [1.165, 1.54) is 13.2 Å². The topological polar surface area (TPSA) is 105 Å². The van der Waals surface area contributed by atoms with Crippen LogP contribution in [-0.2, 0) is 17.5 Å². The molecule has 0 unspecified atom stereocenters. The van der Waals surface area contributed by atoms with Gasteiger partial charge in [0.2, 0.25) is 5.91 Å². The Morgan fingerprint density at radius 1 is 1.23 bits per heavy atom. The lowest BCUT2D eigenvalue weighted by Crippen LogP contribution is -2.50. The molecule has 0 spiro atoms. The number of piperidine rings is 1. The van der Waals surface area contributed by atoms with E-state index < -0.39 is 18.6 Å². The van der Waals surface area contributed by atoms with Crippen LogP contribution in [-0.4, -0.2) is 69.0 Å². The van der Waals surface area contributed by atoms with E-state index in [0.717, 1.165) is 5.56 Å². The van der Waals surface area contributed by atoms with Crippen LogP contribution < -0.4 is 10.1 Å². The van der Waals surface area contributed by atoms with Gasteiger partial charge in [0.25, 0.3) is 5.82 Å². The molecule has 1 fully saturated rings. The molecule has 2 atom stereocenters. The van der Waals surface area contributed by atoms with Crippen molar-refractivity contribution in [2.24, 2.45) is 0 Å². The van der Waals surface area contributed by atoms with Gasteiger partial charge in [-0.3, -0.25) is 4.79 Å². The van der Waals surface area contributed by atoms with Crippen molar-refractivity contribution < 1.29 is 27.8 Å². The number of halogens is 3. The largest absolute Gasteiger partial charge is 0.496 e. The number of carbonyl (C=O) groups excluding carboxylic acids is 1. The number of aliphatic hydroxyl groups is 1. The Balaban J connectivity index is 1.57. The molecular weight excluding hydrogens is 465 g/mol. The van der Waals surface area contributed by atoms with Crippen molar-refractivity contribution in [2.75, 3.05) is 26.8 Å². The number of tetrazole rings is 1. The fraction of sp³-hybridized carbons (Fsp3) is 0.391. The fourth-order valence-electron chi connectivity index (χ4n) is 4.37. The maximum atomic E-state index is 13.3. The Hall–Kier alpha value is -3.51. The molecule has 0 aliphatic carbocycles. The number of rotatable bonds is 7. The molecule has 1 aromatic heterocycles. The summed E-state index contributed by atoms with van der Waals surface area (Å²) in [5, 5.41) is 22.6. The summed E-state index contributed by atoms with van der Waals surface area (Å²) in [5.41, 5.74) is 1.84. The van der Waals surface area contributed by atoms with Crippen LogP contribution in [0.25, 0.3) is 5.69 Å². The lowest BCUT2D eigenvalue weighted by atomic mass is 9.85. The Morgan fingerprint density at radius 3 is 2.69 bits per heavy atom. The number of likely N-dealkylation sites (tertiary alicyclic amines) is 1. The number of aliphatic hydroxyl groups excluding tert-OH is 1. The highest BCUT2D eigenvalue weighted by molar-refractivity contribution is 5.77. The molecule has 1 aliphatic heterocycles. The lowest BCUT2D eigenvalue weighted by molar-refractivity contribution is -0.146. The van der Waals surface area contributed by atoms with Gasteiger partial charge in [-0.2, -0.15) is 17.9 Å². The zero-order valence-electron chi connectivity index (χ0n) is 18.9. The van der Waals surface area contributed by atoms with E-state index >= 15 is 0 Å². The predicted octanol–water partition coefficient (Wildman–Crippen LogP) is 2.16. The molecule has 1 amide bonds. The second-order valence-corrected chi connectivity index (χ2v) is 8.20. The monoisotopic (exact) mass is 490 g/mol. The van der Waals surface area contributed by atoms with Crippen molar-refractivity contribution in [1.82, 2.24) is 30.4 Å². The van der Waals surface area contributed by atoms with Crippen molar-refractivity contribution in [3.63, 3.8) is 0 Å². The first-order valence-corrected chi connectivity index (χ1v) is 11.0. The van der Waals surface area contributed by atoms with Gasteiger partial charge in [0.05, 0.1) is 12.8 Å². The van der Waals surface area contributed by atoms with Crippen molar-refractivity contribution in [1.29, 1.82) is 0 Å². The van der Waals surface area contributed by atoms with E-state index in [1.807, 2.05) is 30.3 Å².